The fourth-order valence-electron chi connectivity index (χ4n) is 2.77. The summed E-state index contributed by atoms with van der Waals surface area (Å²) in [6, 6.07) is 7.78. The number of amides is 1. The lowest BCUT2D eigenvalue weighted by molar-refractivity contribution is -0.118. The number of anilines is 1. The lowest BCUT2D eigenvalue weighted by Crippen LogP contribution is -2.46. The number of rotatable bonds is 3. The molecule has 3 aromatic rings. The van der Waals surface area contributed by atoms with E-state index in [4.69, 9.17) is 11.6 Å². The first-order valence-electron chi connectivity index (χ1n) is 7.66. The number of imidazole rings is 1. The number of para-hydroxylation sites is 2. The van der Waals surface area contributed by atoms with Gasteiger partial charge in [-0.3, -0.25) is 4.79 Å². The zero-order chi connectivity index (χ0) is 16.5. The predicted octanol–water partition coefficient (Wildman–Crippen LogP) is 1.95. The van der Waals surface area contributed by atoms with Crippen LogP contribution in [0.15, 0.2) is 30.5 Å². The van der Waals surface area contributed by atoms with Gasteiger partial charge in [0, 0.05) is 26.2 Å². The predicted molar refractivity (Wildman–Crippen MR) is 92.0 cm³/mol. The summed E-state index contributed by atoms with van der Waals surface area (Å²) in [5.41, 5.74) is 2.38. The number of hydrogen-bond acceptors (Lipinski definition) is 5. The number of nitrogens with zero attached hydrogens (tertiary/aromatic N) is 5. The average molecular weight is 343 g/mol. The normalized spacial score (nSPS) is 15.0. The summed E-state index contributed by atoms with van der Waals surface area (Å²) in [7, 11) is 0. The van der Waals surface area contributed by atoms with Gasteiger partial charge in [0.15, 0.2) is 5.82 Å². The summed E-state index contributed by atoms with van der Waals surface area (Å²) in [5.74, 6) is 1.22. The van der Waals surface area contributed by atoms with Gasteiger partial charge >= 0.3 is 0 Å². The molecule has 1 aliphatic rings. The molecular formula is C16H15ClN6O. The molecule has 0 atom stereocenters. The van der Waals surface area contributed by atoms with Crippen LogP contribution in [0.25, 0.3) is 22.6 Å². The molecule has 0 saturated carbocycles. The first kappa shape index (κ1) is 14.9. The Morgan fingerprint density at radius 2 is 1.92 bits per heavy atom. The summed E-state index contributed by atoms with van der Waals surface area (Å²) < 4.78 is 0. The van der Waals surface area contributed by atoms with Crippen LogP contribution in [0.3, 0.4) is 0 Å². The quantitative estimate of drug-likeness (QED) is 0.736. The fraction of sp³-hybridized carbons (Fsp3) is 0.250. The monoisotopic (exact) mass is 342 g/mol. The number of piperazine rings is 1. The van der Waals surface area contributed by atoms with Crippen LogP contribution in [0, 0.1) is 0 Å². The van der Waals surface area contributed by atoms with Gasteiger partial charge in [-0.15, -0.1) is 0 Å². The number of carbonyl (C=O) groups is 1. The van der Waals surface area contributed by atoms with Gasteiger partial charge in [0.05, 0.1) is 22.3 Å². The molecule has 122 valence electrons. The third-order valence-corrected chi connectivity index (χ3v) is 4.37. The van der Waals surface area contributed by atoms with Crippen molar-refractivity contribution in [3.05, 3.63) is 35.5 Å². The van der Waals surface area contributed by atoms with Crippen molar-refractivity contribution in [2.45, 2.75) is 0 Å². The van der Waals surface area contributed by atoms with E-state index in [9.17, 15) is 4.79 Å². The average Bonchev–Trinajstić information content (AvgIpc) is 3.06. The number of carbonyl (C=O) groups excluding carboxylic acids is 1. The van der Waals surface area contributed by atoms with Crippen LogP contribution in [0.4, 0.5) is 5.95 Å². The Morgan fingerprint density at radius 1 is 1.12 bits per heavy atom. The van der Waals surface area contributed by atoms with E-state index in [-0.39, 0.29) is 0 Å². The third-order valence-electron chi connectivity index (χ3n) is 4.09. The number of H-pyrrole nitrogens is 1. The van der Waals surface area contributed by atoms with Crippen molar-refractivity contribution >= 4 is 35.0 Å². The van der Waals surface area contributed by atoms with Gasteiger partial charge in [0.25, 0.3) is 0 Å². The van der Waals surface area contributed by atoms with Gasteiger partial charge in [-0.2, -0.15) is 0 Å². The Hall–Kier alpha value is -2.67. The van der Waals surface area contributed by atoms with Gasteiger partial charge < -0.3 is 14.8 Å². The molecule has 0 spiro atoms. The Bertz CT molecular complexity index is 854. The molecule has 8 heteroatoms. The molecule has 1 aliphatic heterocycles. The zero-order valence-corrected chi connectivity index (χ0v) is 13.6. The number of hydrogen-bond donors (Lipinski definition) is 1. The molecule has 1 aromatic carbocycles. The second-order valence-corrected chi connectivity index (χ2v) is 6.00. The maximum Gasteiger partial charge on any atom is 0.226 e. The smallest absolute Gasteiger partial charge is 0.226 e. The molecule has 7 nitrogen and oxygen atoms in total. The summed E-state index contributed by atoms with van der Waals surface area (Å²) in [5, 5.41) is 0.448. The van der Waals surface area contributed by atoms with Crippen molar-refractivity contribution in [2.75, 3.05) is 31.1 Å². The molecule has 1 saturated heterocycles. The Labute approximate surface area is 143 Å². The van der Waals surface area contributed by atoms with Gasteiger partial charge in [-0.05, 0) is 12.1 Å². The maximum absolute atomic E-state index is 10.8. The van der Waals surface area contributed by atoms with E-state index in [1.54, 1.807) is 11.1 Å². The Balaban J connectivity index is 1.67. The number of halogens is 1. The molecule has 0 aliphatic carbocycles. The van der Waals surface area contributed by atoms with Gasteiger partial charge in [-0.1, -0.05) is 23.7 Å². The molecule has 1 N–H and O–H groups in total. The van der Waals surface area contributed by atoms with Crippen molar-refractivity contribution in [1.29, 1.82) is 0 Å². The topological polar surface area (TPSA) is 78.0 Å². The van der Waals surface area contributed by atoms with Crippen molar-refractivity contribution < 1.29 is 4.79 Å². The second-order valence-electron chi connectivity index (χ2n) is 5.60. The van der Waals surface area contributed by atoms with E-state index in [0.717, 1.165) is 17.4 Å². The van der Waals surface area contributed by atoms with Crippen LogP contribution < -0.4 is 4.90 Å². The van der Waals surface area contributed by atoms with E-state index >= 15 is 0 Å². The van der Waals surface area contributed by atoms with Crippen molar-refractivity contribution in [2.24, 2.45) is 0 Å². The van der Waals surface area contributed by atoms with E-state index in [1.807, 2.05) is 29.2 Å². The molecule has 1 fully saturated rings. The van der Waals surface area contributed by atoms with Crippen LogP contribution in [-0.4, -0.2) is 57.4 Å². The number of aromatic amines is 1. The SMILES string of the molecule is O=CN1CCN(c2ncc(Cl)c(-c3nc4ccccc4[nH]3)n2)CC1. The largest absolute Gasteiger partial charge is 0.342 e. The summed E-state index contributed by atoms with van der Waals surface area (Å²) in [6.07, 6.45) is 2.47. The summed E-state index contributed by atoms with van der Waals surface area (Å²) in [6.45, 7) is 2.71. The standard InChI is InChI=1S/C16H15ClN6O/c17-11-9-18-16(23-7-5-22(10-24)6-8-23)21-14(11)15-19-12-3-1-2-4-13(12)20-15/h1-4,9-10H,5-8H2,(H,19,20). The van der Waals surface area contributed by atoms with Crippen molar-refractivity contribution in [3.8, 4) is 11.5 Å². The first-order valence-corrected chi connectivity index (χ1v) is 8.04. The third kappa shape index (κ3) is 2.67. The minimum absolute atomic E-state index is 0.448. The van der Waals surface area contributed by atoms with E-state index in [0.29, 0.717) is 48.7 Å². The number of fused-ring (bicyclic) bond motifs is 1. The van der Waals surface area contributed by atoms with Crippen molar-refractivity contribution in [1.82, 2.24) is 24.8 Å². The Kier molecular flexibility index (Phi) is 3.78. The van der Waals surface area contributed by atoms with Gasteiger partial charge in [0.1, 0.15) is 5.69 Å². The number of aromatic nitrogens is 4. The highest BCUT2D eigenvalue weighted by molar-refractivity contribution is 6.32. The summed E-state index contributed by atoms with van der Waals surface area (Å²) >= 11 is 6.28. The van der Waals surface area contributed by atoms with Gasteiger partial charge in [-0.25, -0.2) is 15.0 Å². The molecule has 4 rings (SSSR count). The molecule has 0 unspecified atom stereocenters. The summed E-state index contributed by atoms with van der Waals surface area (Å²) in [4.78, 5) is 31.3. The van der Waals surface area contributed by atoms with Crippen molar-refractivity contribution in [3.63, 3.8) is 0 Å². The van der Waals surface area contributed by atoms with E-state index in [1.165, 1.54) is 0 Å². The fourth-order valence-corrected chi connectivity index (χ4v) is 2.95. The molecule has 24 heavy (non-hydrogen) atoms. The zero-order valence-electron chi connectivity index (χ0n) is 12.8. The highest BCUT2D eigenvalue weighted by Gasteiger charge is 2.20. The second kappa shape index (κ2) is 6.09. The van der Waals surface area contributed by atoms with Gasteiger partial charge in [0.2, 0.25) is 12.4 Å². The molecule has 2 aromatic heterocycles. The molecule has 3 heterocycles. The van der Waals surface area contributed by atoms with Crippen LogP contribution >= 0.6 is 11.6 Å². The van der Waals surface area contributed by atoms with E-state index in [2.05, 4.69) is 19.9 Å². The molecule has 1 amide bonds. The van der Waals surface area contributed by atoms with Crippen LogP contribution in [-0.2, 0) is 4.79 Å². The first-order chi connectivity index (χ1) is 11.7. The lowest BCUT2D eigenvalue weighted by atomic mass is 10.3. The molecular weight excluding hydrogens is 328 g/mol. The Morgan fingerprint density at radius 3 is 2.67 bits per heavy atom. The molecule has 0 radical (unpaired) electrons. The van der Waals surface area contributed by atoms with Crippen LogP contribution in [0.2, 0.25) is 5.02 Å². The molecule has 0 bridgehead atoms. The minimum Gasteiger partial charge on any atom is -0.342 e. The number of benzene rings is 1. The number of nitrogens with one attached hydrogen (secondary N) is 1. The van der Waals surface area contributed by atoms with E-state index < -0.39 is 0 Å². The lowest BCUT2D eigenvalue weighted by Gasteiger charge is -2.32. The highest BCUT2D eigenvalue weighted by atomic mass is 35.5. The minimum atomic E-state index is 0.448. The van der Waals surface area contributed by atoms with Crippen LogP contribution in [0.1, 0.15) is 0 Å². The maximum atomic E-state index is 10.8. The highest BCUT2D eigenvalue weighted by Crippen LogP contribution is 2.27. The van der Waals surface area contributed by atoms with Crippen LogP contribution in [0.5, 0.6) is 0 Å².